The molecule has 0 radical (unpaired) electrons. The van der Waals surface area contributed by atoms with Crippen LogP contribution in [0, 0.1) is 5.41 Å². The van der Waals surface area contributed by atoms with Gasteiger partial charge in [-0.15, -0.1) is 0 Å². The normalized spacial score (nSPS) is 12.3. The lowest BCUT2D eigenvalue weighted by Gasteiger charge is -2.22. The predicted octanol–water partition coefficient (Wildman–Crippen LogP) is 3.78. The van der Waals surface area contributed by atoms with Crippen LogP contribution in [-0.4, -0.2) is 11.1 Å². The first kappa shape index (κ1) is 15.5. The molecular weight excluding hydrogens is 240 g/mol. The Hall–Kier alpha value is -1.51. The summed E-state index contributed by atoms with van der Waals surface area (Å²) in [5.74, 6) is 0.0521. The third-order valence-corrected chi connectivity index (χ3v) is 2.85. The molecule has 3 nitrogen and oxygen atoms in total. The van der Waals surface area contributed by atoms with Crippen LogP contribution in [-0.2, 0) is 21.6 Å². The summed E-state index contributed by atoms with van der Waals surface area (Å²) in [4.78, 5) is 11.7. The smallest absolute Gasteiger partial charge is 0.311 e. The Morgan fingerprint density at radius 2 is 1.74 bits per heavy atom. The minimum absolute atomic E-state index is 0.145. The number of phenolic OH excluding ortho intramolecular Hbond substituents is 1. The van der Waals surface area contributed by atoms with Gasteiger partial charge in [0.1, 0.15) is 12.4 Å². The van der Waals surface area contributed by atoms with E-state index in [1.807, 2.05) is 47.6 Å². The zero-order valence-corrected chi connectivity index (χ0v) is 12.7. The second-order valence-electron chi connectivity index (χ2n) is 6.93. The molecule has 0 bridgehead atoms. The van der Waals surface area contributed by atoms with E-state index >= 15 is 0 Å². The van der Waals surface area contributed by atoms with Crippen molar-refractivity contribution >= 4 is 5.97 Å². The Morgan fingerprint density at radius 1 is 1.16 bits per heavy atom. The van der Waals surface area contributed by atoms with Crippen LogP contribution in [0.15, 0.2) is 18.2 Å². The maximum absolute atomic E-state index is 11.7. The van der Waals surface area contributed by atoms with Crippen molar-refractivity contribution in [2.24, 2.45) is 5.41 Å². The molecule has 0 atom stereocenters. The van der Waals surface area contributed by atoms with E-state index < -0.39 is 5.41 Å². The summed E-state index contributed by atoms with van der Waals surface area (Å²) in [6, 6.07) is 5.33. The predicted molar refractivity (Wildman–Crippen MR) is 76.1 cm³/mol. The first-order valence-electron chi connectivity index (χ1n) is 6.51. The van der Waals surface area contributed by atoms with Crippen molar-refractivity contribution in [2.75, 3.05) is 0 Å². The molecule has 0 spiro atoms. The van der Waals surface area contributed by atoms with E-state index in [0.717, 1.165) is 11.1 Å². The topological polar surface area (TPSA) is 46.5 Å². The molecule has 1 aromatic carbocycles. The zero-order valence-electron chi connectivity index (χ0n) is 12.7. The summed E-state index contributed by atoms with van der Waals surface area (Å²) in [6.07, 6.45) is 0. The average molecular weight is 264 g/mol. The number of phenols is 1. The standard InChI is InChI=1S/C16H24O3/c1-15(2,3)12-9-11(7-8-13(12)17)10-19-14(18)16(4,5)6/h7-9,17H,10H2,1-6H3. The van der Waals surface area contributed by atoms with Gasteiger partial charge in [0.2, 0.25) is 0 Å². The van der Waals surface area contributed by atoms with Crippen molar-refractivity contribution in [1.29, 1.82) is 0 Å². The molecule has 0 unspecified atom stereocenters. The molecule has 0 heterocycles. The number of benzene rings is 1. The second-order valence-corrected chi connectivity index (χ2v) is 6.93. The van der Waals surface area contributed by atoms with Crippen LogP contribution < -0.4 is 0 Å². The maximum atomic E-state index is 11.7. The SMILES string of the molecule is CC(C)(C)C(=O)OCc1ccc(O)c(C(C)(C)C)c1. The van der Waals surface area contributed by atoms with Gasteiger partial charge in [0.05, 0.1) is 5.41 Å². The highest BCUT2D eigenvalue weighted by Gasteiger charge is 2.23. The van der Waals surface area contributed by atoms with Crippen LogP contribution in [0.3, 0.4) is 0 Å². The van der Waals surface area contributed by atoms with Crippen LogP contribution in [0.2, 0.25) is 0 Å². The number of carbonyl (C=O) groups excluding carboxylic acids is 1. The summed E-state index contributed by atoms with van der Waals surface area (Å²) in [7, 11) is 0. The summed E-state index contributed by atoms with van der Waals surface area (Å²) in [5.41, 5.74) is 1.11. The molecule has 0 amide bonds. The molecule has 0 aliphatic heterocycles. The quantitative estimate of drug-likeness (QED) is 0.827. The lowest BCUT2D eigenvalue weighted by Crippen LogP contribution is -2.22. The Balaban J connectivity index is 2.85. The van der Waals surface area contributed by atoms with Gasteiger partial charge in [-0.3, -0.25) is 4.79 Å². The van der Waals surface area contributed by atoms with Crippen molar-refractivity contribution in [3.63, 3.8) is 0 Å². The summed E-state index contributed by atoms with van der Waals surface area (Å²) >= 11 is 0. The number of aromatic hydroxyl groups is 1. The molecule has 19 heavy (non-hydrogen) atoms. The molecule has 1 aromatic rings. The third kappa shape index (κ3) is 4.27. The van der Waals surface area contributed by atoms with Gasteiger partial charge in [0, 0.05) is 0 Å². The molecule has 3 heteroatoms. The summed E-state index contributed by atoms with van der Waals surface area (Å²) < 4.78 is 5.28. The van der Waals surface area contributed by atoms with Crippen LogP contribution in [0.1, 0.15) is 52.7 Å². The van der Waals surface area contributed by atoms with E-state index in [1.165, 1.54) is 0 Å². The zero-order chi connectivity index (χ0) is 14.8. The van der Waals surface area contributed by atoms with Gasteiger partial charge in [-0.1, -0.05) is 26.8 Å². The number of rotatable bonds is 2. The average Bonchev–Trinajstić information content (AvgIpc) is 2.24. The van der Waals surface area contributed by atoms with Crippen molar-refractivity contribution < 1.29 is 14.6 Å². The highest BCUT2D eigenvalue weighted by atomic mass is 16.5. The lowest BCUT2D eigenvalue weighted by molar-refractivity contribution is -0.154. The molecule has 0 aliphatic rings. The molecule has 0 fully saturated rings. The molecule has 1 N–H and O–H groups in total. The molecule has 1 rings (SSSR count). The van der Waals surface area contributed by atoms with Gasteiger partial charge in [0.15, 0.2) is 0 Å². The molecule has 0 aliphatic carbocycles. The third-order valence-electron chi connectivity index (χ3n) is 2.85. The van der Waals surface area contributed by atoms with E-state index in [0.29, 0.717) is 0 Å². The fourth-order valence-corrected chi connectivity index (χ4v) is 1.64. The number of hydrogen-bond donors (Lipinski definition) is 1. The van der Waals surface area contributed by atoms with Crippen LogP contribution >= 0.6 is 0 Å². The lowest BCUT2D eigenvalue weighted by atomic mass is 9.85. The van der Waals surface area contributed by atoms with Gasteiger partial charge < -0.3 is 9.84 Å². The molecule has 0 saturated carbocycles. The number of hydrogen-bond acceptors (Lipinski definition) is 3. The van der Waals surface area contributed by atoms with Crippen molar-refractivity contribution in [2.45, 2.75) is 53.6 Å². The van der Waals surface area contributed by atoms with E-state index in [4.69, 9.17) is 4.74 Å². The van der Waals surface area contributed by atoms with Gasteiger partial charge in [-0.2, -0.15) is 0 Å². The first-order valence-corrected chi connectivity index (χ1v) is 6.51. The molecule has 0 aromatic heterocycles. The number of carbonyl (C=O) groups is 1. The monoisotopic (exact) mass is 264 g/mol. The number of esters is 1. The first-order chi connectivity index (χ1) is 8.51. The van der Waals surface area contributed by atoms with E-state index in [-0.39, 0.29) is 23.7 Å². The molecular formula is C16H24O3. The Morgan fingerprint density at radius 3 is 2.21 bits per heavy atom. The van der Waals surface area contributed by atoms with Gasteiger partial charge in [0.25, 0.3) is 0 Å². The molecule has 106 valence electrons. The van der Waals surface area contributed by atoms with Gasteiger partial charge in [-0.25, -0.2) is 0 Å². The van der Waals surface area contributed by atoms with Crippen molar-refractivity contribution in [3.8, 4) is 5.75 Å². The second kappa shape index (κ2) is 5.24. The fourth-order valence-electron chi connectivity index (χ4n) is 1.64. The minimum Gasteiger partial charge on any atom is -0.508 e. The highest BCUT2D eigenvalue weighted by Crippen LogP contribution is 2.31. The van der Waals surface area contributed by atoms with Crippen LogP contribution in [0.5, 0.6) is 5.75 Å². The minimum atomic E-state index is -0.496. The summed E-state index contributed by atoms with van der Waals surface area (Å²) in [5, 5.41) is 9.87. The van der Waals surface area contributed by atoms with Gasteiger partial charge in [-0.05, 0) is 49.4 Å². The largest absolute Gasteiger partial charge is 0.508 e. The maximum Gasteiger partial charge on any atom is 0.311 e. The van der Waals surface area contributed by atoms with E-state index in [2.05, 4.69) is 0 Å². The van der Waals surface area contributed by atoms with Crippen molar-refractivity contribution in [1.82, 2.24) is 0 Å². The molecule has 0 saturated heterocycles. The van der Waals surface area contributed by atoms with Crippen LogP contribution in [0.4, 0.5) is 0 Å². The van der Waals surface area contributed by atoms with E-state index in [9.17, 15) is 9.90 Å². The Labute approximate surface area is 115 Å². The Kier molecular flexibility index (Phi) is 4.28. The summed E-state index contributed by atoms with van der Waals surface area (Å²) in [6.45, 7) is 11.8. The Bertz CT molecular complexity index is 462. The number of ether oxygens (including phenoxy) is 1. The highest BCUT2D eigenvalue weighted by molar-refractivity contribution is 5.75. The van der Waals surface area contributed by atoms with Crippen molar-refractivity contribution in [3.05, 3.63) is 29.3 Å². The van der Waals surface area contributed by atoms with Crippen LogP contribution in [0.25, 0.3) is 0 Å². The fraction of sp³-hybridized carbons (Fsp3) is 0.562. The van der Waals surface area contributed by atoms with Gasteiger partial charge >= 0.3 is 5.97 Å². The van der Waals surface area contributed by atoms with E-state index in [1.54, 1.807) is 12.1 Å².